The van der Waals surface area contributed by atoms with Gasteiger partial charge in [-0.25, -0.2) is 4.98 Å². The maximum absolute atomic E-state index is 11.9. The number of aryl methyl sites for hydroxylation is 1. The van der Waals surface area contributed by atoms with Crippen LogP contribution in [0.5, 0.6) is 0 Å². The van der Waals surface area contributed by atoms with Gasteiger partial charge in [-0.15, -0.1) is 0 Å². The first-order chi connectivity index (χ1) is 13.9. The fraction of sp³-hybridized carbons (Fsp3) is 0.500. The minimum atomic E-state index is -0.204. The van der Waals surface area contributed by atoms with E-state index in [1.54, 1.807) is 7.05 Å². The zero-order valence-electron chi connectivity index (χ0n) is 17.7. The van der Waals surface area contributed by atoms with Gasteiger partial charge in [-0.2, -0.15) is 0 Å². The first-order valence-electron chi connectivity index (χ1n) is 10.3. The lowest BCUT2D eigenvalue weighted by Gasteiger charge is -2.16. The second-order valence-corrected chi connectivity index (χ2v) is 7.87. The number of nitrogens with zero attached hydrogens (tertiary/aromatic N) is 2. The first-order valence-corrected chi connectivity index (χ1v) is 10.3. The van der Waals surface area contributed by atoms with Crippen molar-refractivity contribution in [1.82, 2.24) is 20.6 Å². The smallest absolute Gasteiger partial charge is 0.236 e. The number of aromatic nitrogens is 2. The summed E-state index contributed by atoms with van der Waals surface area (Å²) in [5.74, 6) is 1.27. The van der Waals surface area contributed by atoms with Gasteiger partial charge in [-0.1, -0.05) is 12.1 Å². The van der Waals surface area contributed by atoms with Crippen molar-refractivity contribution in [2.24, 2.45) is 5.73 Å². The molecule has 1 aromatic carbocycles. The fourth-order valence-corrected chi connectivity index (χ4v) is 3.26. The minimum absolute atomic E-state index is 0.00545. The van der Waals surface area contributed by atoms with Crippen molar-refractivity contribution in [2.45, 2.75) is 58.0 Å². The molecule has 7 heteroatoms. The zero-order valence-corrected chi connectivity index (χ0v) is 17.7. The third kappa shape index (κ3) is 5.52. The van der Waals surface area contributed by atoms with Gasteiger partial charge in [-0.05, 0) is 64.8 Å². The highest BCUT2D eigenvalue weighted by Gasteiger charge is 2.29. The molecule has 5 N–H and O–H groups in total. The van der Waals surface area contributed by atoms with Crippen LogP contribution in [0.4, 0.5) is 11.5 Å². The van der Waals surface area contributed by atoms with Gasteiger partial charge in [0.1, 0.15) is 0 Å². The molecular formula is C22H32N6O. The van der Waals surface area contributed by atoms with Crippen LogP contribution in [0.3, 0.4) is 0 Å². The van der Waals surface area contributed by atoms with E-state index >= 15 is 0 Å². The van der Waals surface area contributed by atoms with Crippen LogP contribution in [0.2, 0.25) is 0 Å². The number of nitrogens with two attached hydrogens (primary N) is 1. The molecule has 1 fully saturated rings. The van der Waals surface area contributed by atoms with Crippen molar-refractivity contribution in [3.63, 3.8) is 0 Å². The van der Waals surface area contributed by atoms with Crippen LogP contribution >= 0.6 is 0 Å². The second kappa shape index (κ2) is 9.33. The van der Waals surface area contributed by atoms with Gasteiger partial charge in [0.15, 0.2) is 5.82 Å². The van der Waals surface area contributed by atoms with Crippen LogP contribution in [0.15, 0.2) is 24.3 Å². The van der Waals surface area contributed by atoms with Crippen molar-refractivity contribution in [3.05, 3.63) is 46.9 Å². The molecule has 1 aliphatic carbocycles. The highest BCUT2D eigenvalue weighted by molar-refractivity contribution is 5.81. The standard InChI is InChI=1S/C22H32N6O/c1-13(23)19-21(28-20(14(2)26-19)17-8-9-17)27-18-7-5-6-16(12-18)10-11-25-22(29)15(3)24-4/h5-7,12-13,15,17,24H,8-11,23H2,1-4H3,(H,25,29)(H,27,28)/t13?,15-/m0/s1. The lowest BCUT2D eigenvalue weighted by Crippen LogP contribution is -2.41. The average molecular weight is 397 g/mol. The van der Waals surface area contributed by atoms with Gasteiger partial charge in [0.25, 0.3) is 0 Å². The van der Waals surface area contributed by atoms with Crippen molar-refractivity contribution < 1.29 is 4.79 Å². The Kier molecular flexibility index (Phi) is 6.82. The maximum Gasteiger partial charge on any atom is 0.236 e. The molecule has 156 valence electrons. The Morgan fingerprint density at radius 2 is 2.03 bits per heavy atom. The summed E-state index contributed by atoms with van der Waals surface area (Å²) in [6, 6.07) is 7.75. The predicted octanol–water partition coefficient (Wildman–Crippen LogP) is 2.69. The Bertz CT molecular complexity index is 862. The maximum atomic E-state index is 11.9. The third-order valence-electron chi connectivity index (χ3n) is 5.26. The molecule has 1 amide bonds. The van der Waals surface area contributed by atoms with Gasteiger partial charge in [0.05, 0.1) is 23.1 Å². The topological polar surface area (TPSA) is 105 Å². The summed E-state index contributed by atoms with van der Waals surface area (Å²) < 4.78 is 0. The summed E-state index contributed by atoms with van der Waals surface area (Å²) in [7, 11) is 1.78. The van der Waals surface area contributed by atoms with Crippen molar-refractivity contribution >= 4 is 17.4 Å². The van der Waals surface area contributed by atoms with Crippen LogP contribution < -0.4 is 21.7 Å². The van der Waals surface area contributed by atoms with Crippen LogP contribution in [-0.2, 0) is 11.2 Å². The molecule has 0 radical (unpaired) electrons. The molecule has 1 saturated carbocycles. The molecule has 2 aromatic rings. The molecule has 0 spiro atoms. The first kappa shape index (κ1) is 21.2. The van der Waals surface area contributed by atoms with E-state index in [0.717, 1.165) is 40.6 Å². The largest absolute Gasteiger partial charge is 0.354 e. The molecule has 0 saturated heterocycles. The van der Waals surface area contributed by atoms with Crippen molar-refractivity contribution in [2.75, 3.05) is 18.9 Å². The van der Waals surface area contributed by atoms with E-state index in [1.807, 2.05) is 32.9 Å². The molecule has 1 unspecified atom stereocenters. The zero-order chi connectivity index (χ0) is 21.0. The number of rotatable bonds is 9. The number of carbonyl (C=O) groups excluding carboxylic acids is 1. The number of likely N-dealkylation sites (N-methyl/N-ethyl adjacent to an activating group) is 1. The Balaban J connectivity index is 1.71. The third-order valence-corrected chi connectivity index (χ3v) is 5.26. The summed E-state index contributed by atoms with van der Waals surface area (Å²) in [5.41, 5.74) is 11.1. The lowest BCUT2D eigenvalue weighted by molar-refractivity contribution is -0.122. The molecule has 3 rings (SSSR count). The molecule has 1 heterocycles. The number of hydrogen-bond donors (Lipinski definition) is 4. The highest BCUT2D eigenvalue weighted by atomic mass is 16.2. The monoisotopic (exact) mass is 396 g/mol. The predicted molar refractivity (Wildman–Crippen MR) is 116 cm³/mol. The summed E-state index contributed by atoms with van der Waals surface area (Å²) in [6.07, 6.45) is 3.12. The SMILES string of the molecule is CN[C@@H](C)C(=O)NCCc1cccc(Nc2nc(C3CC3)c(C)nc2C(C)N)c1. The van der Waals surface area contributed by atoms with Crippen LogP contribution in [0.1, 0.15) is 61.3 Å². The van der Waals surface area contributed by atoms with E-state index in [2.05, 4.69) is 28.1 Å². The number of amides is 1. The van der Waals surface area contributed by atoms with E-state index in [1.165, 1.54) is 12.8 Å². The number of anilines is 2. The van der Waals surface area contributed by atoms with E-state index in [4.69, 9.17) is 15.7 Å². The average Bonchev–Trinajstić information content (AvgIpc) is 3.53. The van der Waals surface area contributed by atoms with E-state index in [0.29, 0.717) is 12.5 Å². The van der Waals surface area contributed by atoms with Crippen LogP contribution in [0, 0.1) is 6.92 Å². The van der Waals surface area contributed by atoms with Gasteiger partial charge in [0, 0.05) is 24.2 Å². The molecule has 1 aromatic heterocycles. The summed E-state index contributed by atoms with van der Waals surface area (Å²) >= 11 is 0. The van der Waals surface area contributed by atoms with Crippen molar-refractivity contribution in [3.8, 4) is 0 Å². The Hall–Kier alpha value is -2.51. The minimum Gasteiger partial charge on any atom is -0.354 e. The molecule has 29 heavy (non-hydrogen) atoms. The molecular weight excluding hydrogens is 364 g/mol. The van der Waals surface area contributed by atoms with E-state index in [9.17, 15) is 4.79 Å². The summed E-state index contributed by atoms with van der Waals surface area (Å²) in [5, 5.41) is 9.31. The number of benzene rings is 1. The van der Waals surface area contributed by atoms with Gasteiger partial charge < -0.3 is 21.7 Å². The molecule has 2 atom stereocenters. The van der Waals surface area contributed by atoms with E-state index in [-0.39, 0.29) is 18.0 Å². The Morgan fingerprint density at radius 3 is 2.69 bits per heavy atom. The van der Waals surface area contributed by atoms with Crippen LogP contribution in [-0.4, -0.2) is 35.5 Å². The van der Waals surface area contributed by atoms with Gasteiger partial charge in [0.2, 0.25) is 5.91 Å². The molecule has 7 nitrogen and oxygen atoms in total. The van der Waals surface area contributed by atoms with Gasteiger partial charge in [-0.3, -0.25) is 9.78 Å². The Morgan fingerprint density at radius 1 is 1.28 bits per heavy atom. The van der Waals surface area contributed by atoms with Gasteiger partial charge >= 0.3 is 0 Å². The van der Waals surface area contributed by atoms with Crippen LogP contribution in [0.25, 0.3) is 0 Å². The second-order valence-electron chi connectivity index (χ2n) is 7.87. The number of nitrogens with one attached hydrogen (secondary N) is 3. The molecule has 1 aliphatic rings. The fourth-order valence-electron chi connectivity index (χ4n) is 3.26. The molecule has 0 aliphatic heterocycles. The van der Waals surface area contributed by atoms with Crippen molar-refractivity contribution in [1.29, 1.82) is 0 Å². The Labute approximate surface area is 172 Å². The quantitative estimate of drug-likeness (QED) is 0.519. The number of carbonyl (C=O) groups is 1. The lowest BCUT2D eigenvalue weighted by atomic mass is 10.1. The summed E-state index contributed by atoms with van der Waals surface area (Å²) in [4.78, 5) is 21.5. The number of hydrogen-bond acceptors (Lipinski definition) is 6. The highest BCUT2D eigenvalue weighted by Crippen LogP contribution is 2.41. The summed E-state index contributed by atoms with van der Waals surface area (Å²) in [6.45, 7) is 6.38. The molecule has 0 bridgehead atoms. The van der Waals surface area contributed by atoms with E-state index < -0.39 is 0 Å². The normalized spacial score (nSPS) is 15.6.